The molecule has 0 fully saturated rings. The number of furan rings is 1. The maximum Gasteiger partial charge on any atom is 0.180 e. The van der Waals surface area contributed by atoms with Gasteiger partial charge in [-0.3, -0.25) is 0 Å². The number of hydrogen-bond acceptors (Lipinski definition) is 3. The molecule has 0 unspecified atom stereocenters. The quantitative estimate of drug-likeness (QED) is 0.156. The molecule has 0 bridgehead atoms. The van der Waals surface area contributed by atoms with Gasteiger partial charge in [0.1, 0.15) is 22.7 Å². The molecule has 3 heterocycles. The highest BCUT2D eigenvalue weighted by Crippen LogP contribution is 2.57. The number of nitrogens with zero attached hydrogens (tertiary/aromatic N) is 1. The zero-order chi connectivity index (χ0) is 43.0. The van der Waals surface area contributed by atoms with Gasteiger partial charge in [-0.2, -0.15) is 0 Å². The van der Waals surface area contributed by atoms with Crippen LogP contribution in [0.4, 0.5) is 17.1 Å². The molecule has 0 N–H and O–H groups in total. The molecule has 3 nitrogen and oxygen atoms in total. The highest BCUT2D eigenvalue weighted by Gasteiger charge is 2.57. The van der Waals surface area contributed by atoms with Crippen molar-refractivity contribution in [3.8, 4) is 22.6 Å². The van der Waals surface area contributed by atoms with Gasteiger partial charge in [-0.1, -0.05) is 182 Å². The summed E-state index contributed by atoms with van der Waals surface area (Å²) in [4.78, 5) is 2.35. The van der Waals surface area contributed by atoms with Crippen LogP contribution in [0.5, 0.6) is 11.5 Å². The van der Waals surface area contributed by atoms with E-state index in [2.05, 4.69) is 254 Å². The lowest BCUT2D eigenvalue weighted by Crippen LogP contribution is -2.79. The normalized spacial score (nSPS) is 13.9. The largest absolute Gasteiger partial charge is 0.457 e. The van der Waals surface area contributed by atoms with Crippen LogP contribution < -0.4 is 30.4 Å². The van der Waals surface area contributed by atoms with Gasteiger partial charge in [-0.05, 0) is 104 Å². The fourth-order valence-electron chi connectivity index (χ4n) is 11.2. The molecule has 2 aliphatic rings. The van der Waals surface area contributed by atoms with Crippen LogP contribution in [0.25, 0.3) is 33.1 Å². The van der Waals surface area contributed by atoms with E-state index in [1.807, 2.05) is 0 Å². The Balaban J connectivity index is 1.07. The number of anilines is 3. The van der Waals surface area contributed by atoms with Gasteiger partial charge < -0.3 is 14.1 Å². The minimum Gasteiger partial charge on any atom is -0.457 e. The van der Waals surface area contributed by atoms with Gasteiger partial charge in [0.15, 0.2) is 8.07 Å². The predicted octanol–water partition coefficient (Wildman–Crippen LogP) is 12.9. The first-order chi connectivity index (χ1) is 32.2. The third-order valence-corrected chi connectivity index (χ3v) is 18.7. The zero-order valence-electron chi connectivity index (χ0n) is 35.4. The summed E-state index contributed by atoms with van der Waals surface area (Å²) in [6.45, 7) is 0. The van der Waals surface area contributed by atoms with Gasteiger partial charge in [0.2, 0.25) is 0 Å². The maximum atomic E-state index is 7.01. The zero-order valence-corrected chi connectivity index (χ0v) is 36.4. The first kappa shape index (κ1) is 37.4. The van der Waals surface area contributed by atoms with E-state index in [1.54, 1.807) is 0 Å². The Hall–Kier alpha value is -8.18. The van der Waals surface area contributed by atoms with E-state index < -0.39 is 13.5 Å². The first-order valence-electron chi connectivity index (χ1n) is 22.3. The SMILES string of the molecule is c1ccc(-c2ccc3c(c2)oc2cc(N(c4ccccc4)c4ccc5c(c4)C4(c6ccccc6O5)c5ccccc5[Si](c5ccccc5)(c5ccccc5)c5ccccc54)ccc23)cc1. The Morgan fingerprint density at radius 1 is 0.338 bits per heavy atom. The van der Waals surface area contributed by atoms with Crippen LogP contribution in [0.3, 0.4) is 0 Å². The fourth-order valence-corrected chi connectivity index (χ4v) is 16.5. The Bertz CT molecular complexity index is 3500. The van der Waals surface area contributed by atoms with E-state index in [0.29, 0.717) is 0 Å². The van der Waals surface area contributed by atoms with Crippen molar-refractivity contribution in [3.05, 3.63) is 271 Å². The molecule has 306 valence electrons. The molecule has 1 spiro atoms. The second kappa shape index (κ2) is 14.7. The fraction of sp³-hybridized carbons (Fsp3) is 0.0164. The van der Waals surface area contributed by atoms with Gasteiger partial charge in [-0.25, -0.2) is 0 Å². The maximum absolute atomic E-state index is 7.01. The molecule has 10 aromatic carbocycles. The third kappa shape index (κ3) is 5.48. The van der Waals surface area contributed by atoms with Crippen molar-refractivity contribution in [3.63, 3.8) is 0 Å². The van der Waals surface area contributed by atoms with Crippen molar-refractivity contribution < 1.29 is 9.15 Å². The van der Waals surface area contributed by atoms with Crippen molar-refractivity contribution in [2.45, 2.75) is 5.41 Å². The second-order valence-electron chi connectivity index (χ2n) is 17.1. The summed E-state index contributed by atoms with van der Waals surface area (Å²) in [5, 5.41) is 7.69. The summed E-state index contributed by atoms with van der Waals surface area (Å²) >= 11 is 0. The Labute approximate surface area is 379 Å². The van der Waals surface area contributed by atoms with Crippen LogP contribution in [0.15, 0.2) is 253 Å². The van der Waals surface area contributed by atoms with Gasteiger partial charge >= 0.3 is 0 Å². The van der Waals surface area contributed by atoms with Gasteiger partial charge in [0, 0.05) is 45.0 Å². The van der Waals surface area contributed by atoms with Gasteiger partial charge in [0.25, 0.3) is 0 Å². The van der Waals surface area contributed by atoms with E-state index in [9.17, 15) is 0 Å². The molecule has 4 heteroatoms. The van der Waals surface area contributed by atoms with Crippen LogP contribution in [0.1, 0.15) is 22.3 Å². The van der Waals surface area contributed by atoms with Crippen LogP contribution in [0, 0.1) is 0 Å². The third-order valence-electron chi connectivity index (χ3n) is 13.9. The summed E-state index contributed by atoms with van der Waals surface area (Å²) in [6, 6.07) is 90.8. The van der Waals surface area contributed by atoms with Crippen LogP contribution >= 0.6 is 0 Å². The Kier molecular flexibility index (Phi) is 8.45. The second-order valence-corrected chi connectivity index (χ2v) is 20.9. The highest BCUT2D eigenvalue weighted by atomic mass is 28.3. The summed E-state index contributed by atoms with van der Waals surface area (Å²) in [5.74, 6) is 1.72. The van der Waals surface area contributed by atoms with Gasteiger partial charge in [0.05, 0.1) is 5.41 Å². The van der Waals surface area contributed by atoms with Crippen molar-refractivity contribution in [1.29, 1.82) is 0 Å². The predicted molar refractivity (Wildman–Crippen MR) is 269 cm³/mol. The molecule has 13 rings (SSSR count). The number of rotatable bonds is 6. The van der Waals surface area contributed by atoms with E-state index in [0.717, 1.165) is 67.2 Å². The summed E-state index contributed by atoms with van der Waals surface area (Å²) in [6.07, 6.45) is 0. The highest BCUT2D eigenvalue weighted by molar-refractivity contribution is 7.20. The molecule has 0 saturated carbocycles. The average Bonchev–Trinajstić information content (AvgIpc) is 3.75. The van der Waals surface area contributed by atoms with Crippen molar-refractivity contribution in [2.24, 2.45) is 0 Å². The number of benzene rings is 10. The Morgan fingerprint density at radius 2 is 0.831 bits per heavy atom. The first-order valence-corrected chi connectivity index (χ1v) is 24.3. The lowest BCUT2D eigenvalue weighted by Gasteiger charge is -2.51. The summed E-state index contributed by atoms with van der Waals surface area (Å²) < 4.78 is 13.7. The molecule has 0 amide bonds. The molecule has 2 aliphatic heterocycles. The minimum absolute atomic E-state index is 0.713. The molecule has 65 heavy (non-hydrogen) atoms. The number of para-hydroxylation sites is 2. The lowest BCUT2D eigenvalue weighted by molar-refractivity contribution is 0.435. The molecule has 11 aromatic rings. The van der Waals surface area contributed by atoms with Crippen LogP contribution in [-0.4, -0.2) is 8.07 Å². The number of ether oxygens (including phenoxy) is 1. The molecular formula is C61H41NO2Si. The molecule has 0 atom stereocenters. The van der Waals surface area contributed by atoms with E-state index >= 15 is 0 Å². The summed E-state index contributed by atoms with van der Waals surface area (Å²) in [7, 11) is -2.89. The minimum atomic E-state index is -2.89. The topological polar surface area (TPSA) is 25.6 Å². The van der Waals surface area contributed by atoms with Crippen molar-refractivity contribution >= 4 is 67.8 Å². The molecule has 0 aliphatic carbocycles. The summed E-state index contributed by atoms with van der Waals surface area (Å²) in [5.41, 5.74) is 11.2. The van der Waals surface area contributed by atoms with Crippen molar-refractivity contribution in [1.82, 2.24) is 0 Å². The Morgan fingerprint density at radius 3 is 1.49 bits per heavy atom. The number of fused-ring (bicyclic) bond motifs is 11. The average molecular weight is 848 g/mol. The van der Waals surface area contributed by atoms with E-state index in [-0.39, 0.29) is 0 Å². The monoisotopic (exact) mass is 847 g/mol. The smallest absolute Gasteiger partial charge is 0.180 e. The van der Waals surface area contributed by atoms with E-state index in [4.69, 9.17) is 9.15 Å². The lowest BCUT2D eigenvalue weighted by atomic mass is 9.63. The molecular weight excluding hydrogens is 807 g/mol. The molecule has 1 aromatic heterocycles. The van der Waals surface area contributed by atoms with Gasteiger partial charge in [-0.15, -0.1) is 0 Å². The van der Waals surface area contributed by atoms with Crippen LogP contribution in [0.2, 0.25) is 0 Å². The standard InChI is InChI=1S/C61H41NO2Si/c1-5-19-42(20-6-1)43-33-36-49-50-37-34-46(41-58(50)64-57(49)39-43)62(44-21-7-2-8-22-44)45-35-38-56-54(40-45)61(51-27-13-16-30-55(51)63-56)52-28-14-17-31-59(52)65(47-23-9-3-10-24-47,48-25-11-4-12-26-48)60-32-18-15-29-53(60)61/h1-41H. The van der Waals surface area contributed by atoms with Crippen molar-refractivity contribution in [2.75, 3.05) is 4.90 Å². The van der Waals surface area contributed by atoms with E-state index in [1.165, 1.54) is 37.4 Å². The molecule has 0 saturated heterocycles. The molecule has 0 radical (unpaired) electrons. The van der Waals surface area contributed by atoms with Crippen LogP contribution in [-0.2, 0) is 5.41 Å². The number of hydrogen-bond donors (Lipinski definition) is 0.